The number of hydrogen-bond acceptors (Lipinski definition) is 2. The molecule has 3 N–H and O–H groups in total. The van der Waals surface area contributed by atoms with Crippen LogP contribution in [0.1, 0.15) is 66.7 Å². The third-order valence-electron chi connectivity index (χ3n) is 3.99. The van der Waals surface area contributed by atoms with Crippen LogP contribution in [-0.4, -0.2) is 17.4 Å². The number of primary amides is 1. The van der Waals surface area contributed by atoms with Crippen molar-refractivity contribution in [3.05, 3.63) is 0 Å². The minimum Gasteiger partial charge on any atom is -0.369 e. The van der Waals surface area contributed by atoms with Gasteiger partial charge in [0.05, 0.1) is 0 Å². The normalized spacial score (nSPS) is 18.4. The lowest BCUT2D eigenvalue weighted by atomic mass is 9.80. The van der Waals surface area contributed by atoms with Crippen molar-refractivity contribution in [1.29, 1.82) is 0 Å². The maximum atomic E-state index is 12.6. The van der Waals surface area contributed by atoms with Crippen molar-refractivity contribution >= 4 is 11.8 Å². The zero-order valence-corrected chi connectivity index (χ0v) is 14.2. The average Bonchev–Trinajstić information content (AvgIpc) is 3.08. The Morgan fingerprint density at radius 1 is 1.19 bits per heavy atom. The van der Waals surface area contributed by atoms with Crippen LogP contribution < -0.4 is 11.1 Å². The van der Waals surface area contributed by atoms with Crippen molar-refractivity contribution in [1.82, 2.24) is 5.32 Å². The molecule has 1 fully saturated rings. The Bertz CT molecular complexity index is 367. The molecule has 0 aliphatic heterocycles. The highest BCUT2D eigenvalue weighted by Crippen LogP contribution is 2.36. The van der Waals surface area contributed by atoms with E-state index in [-0.39, 0.29) is 29.2 Å². The summed E-state index contributed by atoms with van der Waals surface area (Å²) in [5, 5.41) is 3.02. The first-order chi connectivity index (χ1) is 9.60. The van der Waals surface area contributed by atoms with Crippen molar-refractivity contribution in [3.63, 3.8) is 0 Å². The first-order valence-electron chi connectivity index (χ1n) is 8.21. The van der Waals surface area contributed by atoms with Gasteiger partial charge in [0, 0.05) is 17.4 Å². The number of rotatable bonds is 8. The quantitative estimate of drug-likeness (QED) is 0.723. The van der Waals surface area contributed by atoms with E-state index in [1.807, 2.05) is 20.8 Å². The lowest BCUT2D eigenvalue weighted by molar-refractivity contribution is -0.135. The van der Waals surface area contributed by atoms with E-state index in [4.69, 9.17) is 5.73 Å². The second-order valence-corrected chi connectivity index (χ2v) is 8.00. The van der Waals surface area contributed by atoms with Gasteiger partial charge in [0.1, 0.15) is 0 Å². The lowest BCUT2D eigenvalue weighted by Crippen LogP contribution is -2.48. The van der Waals surface area contributed by atoms with Gasteiger partial charge in [-0.2, -0.15) is 0 Å². The molecule has 0 saturated heterocycles. The number of hydrogen-bond donors (Lipinski definition) is 2. The van der Waals surface area contributed by atoms with E-state index in [2.05, 4.69) is 19.2 Å². The van der Waals surface area contributed by atoms with Gasteiger partial charge in [0.25, 0.3) is 0 Å². The van der Waals surface area contributed by atoms with E-state index >= 15 is 0 Å². The molecule has 4 heteroatoms. The van der Waals surface area contributed by atoms with Crippen LogP contribution in [0.15, 0.2) is 0 Å². The third-order valence-corrected chi connectivity index (χ3v) is 3.99. The fraction of sp³-hybridized carbons (Fsp3) is 0.882. The van der Waals surface area contributed by atoms with E-state index in [1.165, 1.54) is 12.8 Å². The van der Waals surface area contributed by atoms with E-state index in [0.717, 1.165) is 18.8 Å². The Morgan fingerprint density at radius 3 is 2.14 bits per heavy atom. The van der Waals surface area contributed by atoms with Gasteiger partial charge < -0.3 is 11.1 Å². The SMILES string of the molecule is CC(C)CC(C(=O)NC(C)(C)C)[C@H](CCC1CC1)C(N)=O. The first-order valence-corrected chi connectivity index (χ1v) is 8.21. The molecule has 21 heavy (non-hydrogen) atoms. The largest absolute Gasteiger partial charge is 0.369 e. The molecule has 0 heterocycles. The Labute approximate surface area is 129 Å². The van der Waals surface area contributed by atoms with E-state index in [0.29, 0.717) is 12.3 Å². The van der Waals surface area contributed by atoms with Crippen LogP contribution >= 0.6 is 0 Å². The molecule has 0 aromatic carbocycles. The van der Waals surface area contributed by atoms with Gasteiger partial charge >= 0.3 is 0 Å². The molecule has 122 valence electrons. The monoisotopic (exact) mass is 296 g/mol. The topological polar surface area (TPSA) is 72.2 Å². The molecular weight excluding hydrogens is 264 g/mol. The molecule has 0 aromatic heterocycles. The molecule has 2 amide bonds. The summed E-state index contributed by atoms with van der Waals surface area (Å²) in [4.78, 5) is 24.4. The van der Waals surface area contributed by atoms with Gasteiger partial charge in [-0.15, -0.1) is 0 Å². The van der Waals surface area contributed by atoms with E-state index in [1.54, 1.807) is 0 Å². The van der Waals surface area contributed by atoms with Crippen LogP contribution in [0.2, 0.25) is 0 Å². The minimum atomic E-state index is -0.338. The molecule has 0 aromatic rings. The summed E-state index contributed by atoms with van der Waals surface area (Å²) in [6.45, 7) is 10.0. The minimum absolute atomic E-state index is 0.0317. The molecule has 0 spiro atoms. The number of carbonyl (C=O) groups is 2. The molecule has 0 bridgehead atoms. The van der Waals surface area contributed by atoms with Gasteiger partial charge in [0.15, 0.2) is 0 Å². The molecule has 1 unspecified atom stereocenters. The van der Waals surface area contributed by atoms with Crippen molar-refractivity contribution in [3.8, 4) is 0 Å². The number of amides is 2. The average molecular weight is 296 g/mol. The maximum absolute atomic E-state index is 12.6. The first kappa shape index (κ1) is 18.0. The zero-order valence-electron chi connectivity index (χ0n) is 14.2. The number of nitrogens with two attached hydrogens (primary N) is 1. The second kappa shape index (κ2) is 7.28. The molecule has 4 nitrogen and oxygen atoms in total. The standard InChI is InChI=1S/C17H32N2O2/c1-11(2)10-14(16(21)19-17(3,4)5)13(15(18)20)9-8-12-6-7-12/h11-14H,6-10H2,1-5H3,(H2,18,20)(H,19,21)/t13-,14?/m0/s1. The summed E-state index contributed by atoms with van der Waals surface area (Å²) in [6, 6.07) is 0. The third kappa shape index (κ3) is 6.96. The fourth-order valence-electron chi connectivity index (χ4n) is 2.79. The van der Waals surface area contributed by atoms with Crippen molar-refractivity contribution in [2.24, 2.45) is 29.4 Å². The fourth-order valence-corrected chi connectivity index (χ4v) is 2.79. The van der Waals surface area contributed by atoms with E-state index < -0.39 is 0 Å². The Balaban J connectivity index is 2.78. The van der Waals surface area contributed by atoms with Crippen LogP contribution in [0.3, 0.4) is 0 Å². The number of nitrogens with one attached hydrogen (secondary N) is 1. The Morgan fingerprint density at radius 2 is 1.76 bits per heavy atom. The maximum Gasteiger partial charge on any atom is 0.224 e. The van der Waals surface area contributed by atoms with Crippen molar-refractivity contribution in [2.45, 2.75) is 72.3 Å². The Kier molecular flexibility index (Phi) is 6.24. The zero-order chi connectivity index (χ0) is 16.2. The van der Waals surface area contributed by atoms with Crippen molar-refractivity contribution in [2.75, 3.05) is 0 Å². The summed E-state index contributed by atoms with van der Waals surface area (Å²) in [5.41, 5.74) is 5.32. The summed E-state index contributed by atoms with van der Waals surface area (Å²) in [5.74, 6) is 0.109. The van der Waals surface area contributed by atoms with Gasteiger partial charge in [0.2, 0.25) is 11.8 Å². The van der Waals surface area contributed by atoms with Gasteiger partial charge in [-0.1, -0.05) is 26.7 Å². The highest BCUT2D eigenvalue weighted by molar-refractivity contribution is 5.87. The number of carbonyl (C=O) groups excluding carboxylic acids is 2. The molecule has 0 radical (unpaired) electrons. The summed E-state index contributed by atoms with van der Waals surface area (Å²) in [7, 11) is 0. The van der Waals surface area contributed by atoms with Crippen LogP contribution in [0.25, 0.3) is 0 Å². The molecule has 2 atom stereocenters. The molecule has 1 saturated carbocycles. The van der Waals surface area contributed by atoms with Gasteiger partial charge in [-0.3, -0.25) is 9.59 Å². The Hall–Kier alpha value is -1.06. The second-order valence-electron chi connectivity index (χ2n) is 8.00. The predicted molar refractivity (Wildman–Crippen MR) is 85.5 cm³/mol. The molecule has 1 rings (SSSR count). The van der Waals surface area contributed by atoms with Crippen molar-refractivity contribution < 1.29 is 9.59 Å². The van der Waals surface area contributed by atoms with E-state index in [9.17, 15) is 9.59 Å². The smallest absolute Gasteiger partial charge is 0.224 e. The van der Waals surface area contributed by atoms with Crippen LogP contribution in [0.5, 0.6) is 0 Å². The molecular formula is C17H32N2O2. The summed E-state index contributed by atoms with van der Waals surface area (Å²) in [6.07, 6.45) is 4.99. The van der Waals surface area contributed by atoms with Crippen LogP contribution in [0.4, 0.5) is 0 Å². The highest BCUT2D eigenvalue weighted by Gasteiger charge is 2.35. The van der Waals surface area contributed by atoms with Gasteiger partial charge in [-0.05, 0) is 51.9 Å². The predicted octanol–water partition coefficient (Wildman–Crippen LogP) is 2.86. The lowest BCUT2D eigenvalue weighted by Gasteiger charge is -2.29. The van der Waals surface area contributed by atoms with Gasteiger partial charge in [-0.25, -0.2) is 0 Å². The highest BCUT2D eigenvalue weighted by atomic mass is 16.2. The molecule has 1 aliphatic rings. The van der Waals surface area contributed by atoms with Crippen LogP contribution in [-0.2, 0) is 9.59 Å². The summed E-state index contributed by atoms with van der Waals surface area (Å²) < 4.78 is 0. The molecule has 1 aliphatic carbocycles. The summed E-state index contributed by atoms with van der Waals surface area (Å²) >= 11 is 0. The van der Waals surface area contributed by atoms with Crippen LogP contribution in [0, 0.1) is 23.7 Å².